The van der Waals surface area contributed by atoms with E-state index >= 15 is 0 Å². The Morgan fingerprint density at radius 1 is 1.03 bits per heavy atom. The average Bonchev–Trinajstić information content (AvgIpc) is 3.28. The first-order chi connectivity index (χ1) is 16.1. The van der Waals surface area contributed by atoms with Crippen molar-refractivity contribution in [3.8, 4) is 5.69 Å². The molecule has 0 radical (unpaired) electrons. The normalized spacial score (nSPS) is 14.4. The number of carbonyl (C=O) groups is 1. The molecule has 1 aliphatic heterocycles. The summed E-state index contributed by atoms with van der Waals surface area (Å²) in [6.45, 7) is 2.43. The van der Waals surface area contributed by atoms with Crippen LogP contribution in [-0.4, -0.2) is 56.7 Å². The second-order valence-electron chi connectivity index (χ2n) is 7.67. The van der Waals surface area contributed by atoms with Crippen LogP contribution in [-0.2, 0) is 4.79 Å². The van der Waals surface area contributed by atoms with Gasteiger partial charge in [0.2, 0.25) is 5.91 Å². The number of anilines is 1. The number of rotatable bonds is 4. The number of aromatic nitrogens is 4. The van der Waals surface area contributed by atoms with Crippen LogP contribution < -0.4 is 4.90 Å². The highest BCUT2D eigenvalue weighted by atomic mass is 35.5. The standard InChI is InChI=1S/C24H20ClFN6O/c25-18-2-1-3-20(14-18)32-24-21(15-29-32)23(27-16-28-24)31-12-10-30(11-13-31)22(33)9-6-17-4-7-19(26)8-5-17/h1-9,14-16H,10-13H2/b9-6+. The third-order valence-electron chi connectivity index (χ3n) is 5.58. The number of benzene rings is 2. The Morgan fingerprint density at radius 2 is 1.82 bits per heavy atom. The molecule has 1 saturated heterocycles. The molecule has 2 aromatic heterocycles. The first-order valence-electron chi connectivity index (χ1n) is 10.5. The number of nitrogens with zero attached hydrogens (tertiary/aromatic N) is 6. The minimum absolute atomic E-state index is 0.0689. The molecule has 5 rings (SSSR count). The number of piperazine rings is 1. The van der Waals surface area contributed by atoms with Crippen LogP contribution in [0.1, 0.15) is 5.56 Å². The van der Waals surface area contributed by atoms with Crippen molar-refractivity contribution in [2.24, 2.45) is 0 Å². The molecule has 1 aliphatic rings. The summed E-state index contributed by atoms with van der Waals surface area (Å²) in [4.78, 5) is 25.4. The van der Waals surface area contributed by atoms with Gasteiger partial charge in [-0.1, -0.05) is 29.8 Å². The lowest BCUT2D eigenvalue weighted by molar-refractivity contribution is -0.126. The van der Waals surface area contributed by atoms with Crippen LogP contribution in [0.5, 0.6) is 0 Å². The van der Waals surface area contributed by atoms with Gasteiger partial charge in [0.05, 0.1) is 17.3 Å². The molecule has 7 nitrogen and oxygen atoms in total. The zero-order valence-electron chi connectivity index (χ0n) is 17.6. The maximum absolute atomic E-state index is 13.0. The Morgan fingerprint density at radius 3 is 2.58 bits per heavy atom. The van der Waals surface area contributed by atoms with E-state index in [1.54, 1.807) is 34.0 Å². The molecule has 3 heterocycles. The van der Waals surface area contributed by atoms with Crippen LogP contribution in [0.4, 0.5) is 10.2 Å². The van der Waals surface area contributed by atoms with E-state index in [9.17, 15) is 9.18 Å². The van der Waals surface area contributed by atoms with Crippen LogP contribution in [0.2, 0.25) is 5.02 Å². The van der Waals surface area contributed by atoms with E-state index in [0.29, 0.717) is 36.8 Å². The Kier molecular flexibility index (Phi) is 5.75. The fraction of sp³-hybridized carbons (Fsp3) is 0.167. The fourth-order valence-corrected chi connectivity index (χ4v) is 4.05. The van der Waals surface area contributed by atoms with E-state index in [-0.39, 0.29) is 11.7 Å². The number of fused-ring (bicyclic) bond motifs is 1. The van der Waals surface area contributed by atoms with E-state index in [1.807, 2.05) is 24.3 Å². The Hall–Kier alpha value is -3.78. The van der Waals surface area contributed by atoms with E-state index in [2.05, 4.69) is 20.0 Å². The van der Waals surface area contributed by atoms with E-state index in [1.165, 1.54) is 24.5 Å². The molecule has 0 aliphatic carbocycles. The van der Waals surface area contributed by atoms with Crippen molar-refractivity contribution in [1.82, 2.24) is 24.6 Å². The summed E-state index contributed by atoms with van der Waals surface area (Å²) in [5.74, 6) is 0.425. The molecule has 1 amide bonds. The largest absolute Gasteiger partial charge is 0.352 e. The number of carbonyl (C=O) groups excluding carboxylic acids is 1. The molecule has 166 valence electrons. The summed E-state index contributed by atoms with van der Waals surface area (Å²) in [5, 5.41) is 5.96. The molecule has 0 N–H and O–H groups in total. The van der Waals surface area contributed by atoms with Gasteiger partial charge in [0, 0.05) is 37.3 Å². The summed E-state index contributed by atoms with van der Waals surface area (Å²) in [6, 6.07) is 13.5. The fourth-order valence-electron chi connectivity index (χ4n) is 3.87. The first-order valence-corrected chi connectivity index (χ1v) is 10.9. The maximum atomic E-state index is 13.0. The van der Waals surface area contributed by atoms with Gasteiger partial charge < -0.3 is 9.80 Å². The Labute approximate surface area is 194 Å². The molecule has 2 aromatic carbocycles. The van der Waals surface area contributed by atoms with Crippen LogP contribution in [0.15, 0.2) is 67.1 Å². The second-order valence-corrected chi connectivity index (χ2v) is 8.10. The van der Waals surface area contributed by atoms with E-state index < -0.39 is 0 Å². The SMILES string of the molecule is O=C(/C=C/c1ccc(F)cc1)N1CCN(c2ncnc3c2cnn3-c2cccc(Cl)c2)CC1. The highest BCUT2D eigenvalue weighted by molar-refractivity contribution is 6.30. The van der Waals surface area contributed by atoms with Crippen molar-refractivity contribution in [3.63, 3.8) is 0 Å². The summed E-state index contributed by atoms with van der Waals surface area (Å²) < 4.78 is 14.8. The minimum Gasteiger partial charge on any atom is -0.352 e. The monoisotopic (exact) mass is 462 g/mol. The highest BCUT2D eigenvalue weighted by Crippen LogP contribution is 2.26. The molecule has 1 fully saturated rings. The van der Waals surface area contributed by atoms with Gasteiger partial charge in [-0.05, 0) is 42.0 Å². The quantitative estimate of drug-likeness (QED) is 0.429. The lowest BCUT2D eigenvalue weighted by Gasteiger charge is -2.35. The molecular weight excluding hydrogens is 443 g/mol. The van der Waals surface area contributed by atoms with Crippen LogP contribution in [0.25, 0.3) is 22.8 Å². The van der Waals surface area contributed by atoms with Gasteiger partial charge in [-0.3, -0.25) is 4.79 Å². The molecule has 9 heteroatoms. The summed E-state index contributed by atoms with van der Waals surface area (Å²) in [6.07, 6.45) is 6.52. The van der Waals surface area contributed by atoms with Crippen molar-refractivity contribution in [2.75, 3.05) is 31.1 Å². The maximum Gasteiger partial charge on any atom is 0.246 e. The number of halogens is 2. The molecule has 0 spiro atoms. The lowest BCUT2D eigenvalue weighted by atomic mass is 10.2. The molecule has 0 bridgehead atoms. The molecule has 0 saturated carbocycles. The molecule has 4 aromatic rings. The zero-order chi connectivity index (χ0) is 22.8. The minimum atomic E-state index is -0.300. The third-order valence-corrected chi connectivity index (χ3v) is 5.81. The molecule has 0 atom stereocenters. The predicted octanol–water partition coefficient (Wildman–Crippen LogP) is 3.97. The summed E-state index contributed by atoms with van der Waals surface area (Å²) in [5.41, 5.74) is 2.30. The highest BCUT2D eigenvalue weighted by Gasteiger charge is 2.23. The van der Waals surface area contributed by atoms with Crippen LogP contribution in [0, 0.1) is 5.82 Å². The zero-order valence-corrected chi connectivity index (χ0v) is 18.4. The van der Waals surface area contributed by atoms with E-state index in [4.69, 9.17) is 11.6 Å². The number of hydrogen-bond acceptors (Lipinski definition) is 5. The van der Waals surface area contributed by atoms with Gasteiger partial charge in [0.25, 0.3) is 0 Å². The van der Waals surface area contributed by atoms with Gasteiger partial charge in [-0.2, -0.15) is 5.10 Å². The van der Waals surface area contributed by atoms with Crippen molar-refractivity contribution < 1.29 is 9.18 Å². The Bertz CT molecular complexity index is 1330. The molecule has 0 unspecified atom stereocenters. The van der Waals surface area contributed by atoms with Gasteiger partial charge >= 0.3 is 0 Å². The third kappa shape index (κ3) is 4.42. The number of hydrogen-bond donors (Lipinski definition) is 0. The van der Waals surface area contributed by atoms with Crippen LogP contribution in [0.3, 0.4) is 0 Å². The number of amides is 1. The van der Waals surface area contributed by atoms with Gasteiger partial charge in [0.1, 0.15) is 18.0 Å². The van der Waals surface area contributed by atoms with Crippen LogP contribution >= 0.6 is 11.6 Å². The topological polar surface area (TPSA) is 67.2 Å². The average molecular weight is 463 g/mol. The van der Waals surface area contributed by atoms with Gasteiger partial charge in [0.15, 0.2) is 5.65 Å². The molecule has 33 heavy (non-hydrogen) atoms. The molecular formula is C24H20ClFN6O. The predicted molar refractivity (Wildman–Crippen MR) is 126 cm³/mol. The van der Waals surface area contributed by atoms with Gasteiger partial charge in [-0.25, -0.2) is 19.0 Å². The summed E-state index contributed by atoms with van der Waals surface area (Å²) in [7, 11) is 0. The smallest absolute Gasteiger partial charge is 0.246 e. The van der Waals surface area contributed by atoms with Crippen molar-refractivity contribution >= 4 is 40.4 Å². The van der Waals surface area contributed by atoms with Crippen molar-refractivity contribution in [2.45, 2.75) is 0 Å². The van der Waals surface area contributed by atoms with Crippen molar-refractivity contribution in [1.29, 1.82) is 0 Å². The Balaban J connectivity index is 1.29. The van der Waals surface area contributed by atoms with E-state index in [0.717, 1.165) is 22.5 Å². The second kappa shape index (κ2) is 8.99. The first kappa shape index (κ1) is 21.1. The summed E-state index contributed by atoms with van der Waals surface area (Å²) >= 11 is 6.13. The van der Waals surface area contributed by atoms with Gasteiger partial charge in [-0.15, -0.1) is 0 Å². The van der Waals surface area contributed by atoms with Crippen molar-refractivity contribution in [3.05, 3.63) is 83.5 Å². The lowest BCUT2D eigenvalue weighted by Crippen LogP contribution is -2.48.